The minimum absolute atomic E-state index is 0.169. The van der Waals surface area contributed by atoms with Gasteiger partial charge in [-0.15, -0.1) is 10.2 Å². The Hall–Kier alpha value is -2.23. The van der Waals surface area contributed by atoms with Gasteiger partial charge in [-0.05, 0) is 30.5 Å². The van der Waals surface area contributed by atoms with Gasteiger partial charge in [-0.2, -0.15) is 4.98 Å². The lowest BCUT2D eigenvalue weighted by molar-refractivity contribution is 0.173. The molecule has 1 atom stereocenters. The number of rotatable bonds is 2. The molecule has 5 rings (SSSR count). The summed E-state index contributed by atoms with van der Waals surface area (Å²) in [4.78, 5) is 4.51. The predicted octanol–water partition coefficient (Wildman–Crippen LogP) is 4.91. The average Bonchev–Trinajstić information content (AvgIpc) is 3.08. The van der Waals surface area contributed by atoms with E-state index in [4.69, 9.17) is 25.8 Å². The molecule has 142 valence electrons. The van der Waals surface area contributed by atoms with E-state index in [9.17, 15) is 0 Å². The summed E-state index contributed by atoms with van der Waals surface area (Å²) in [5.74, 6) is 1.61. The minimum atomic E-state index is -0.602. The molecule has 0 bridgehead atoms. The zero-order valence-corrected chi connectivity index (χ0v) is 17.6. The van der Waals surface area contributed by atoms with Crippen molar-refractivity contribution in [2.24, 2.45) is 0 Å². The van der Waals surface area contributed by atoms with Crippen LogP contribution < -0.4 is 19.5 Å². The largest absolute Gasteiger partial charge is 0.454 e. The minimum Gasteiger partial charge on any atom is -0.454 e. The molecule has 2 aliphatic heterocycles. The molecular weight excluding hydrogens is 468 g/mol. The van der Waals surface area contributed by atoms with Gasteiger partial charge in [0.05, 0.1) is 5.02 Å². The van der Waals surface area contributed by atoms with Crippen LogP contribution in [0.5, 0.6) is 17.4 Å². The number of benzene rings is 2. The van der Waals surface area contributed by atoms with Crippen molar-refractivity contribution in [3.8, 4) is 28.6 Å². The smallest absolute Gasteiger partial charge is 0.247 e. The second kappa shape index (κ2) is 6.98. The summed E-state index contributed by atoms with van der Waals surface area (Å²) >= 11 is 11.4. The molecule has 7 nitrogen and oxygen atoms in total. The number of anilines is 1. The Balaban J connectivity index is 1.67. The van der Waals surface area contributed by atoms with Crippen LogP contribution in [0.4, 0.5) is 5.69 Å². The number of aromatic nitrogens is 3. The van der Waals surface area contributed by atoms with Crippen LogP contribution in [0.1, 0.15) is 11.8 Å². The van der Waals surface area contributed by atoms with Crippen molar-refractivity contribution >= 4 is 45.0 Å². The summed E-state index contributed by atoms with van der Waals surface area (Å²) in [6.07, 6.45) is 1.28. The van der Waals surface area contributed by atoms with Gasteiger partial charge < -0.3 is 19.5 Å². The fourth-order valence-electron chi connectivity index (χ4n) is 3.03. The summed E-state index contributed by atoms with van der Waals surface area (Å²) in [5, 5.41) is 12.9. The SMILES string of the molecule is CSc1nnc2c(n1)OC(c1cc3c(cc1Cl)OCO3)Nc1ccc(Br)cc1-2. The molecule has 28 heavy (non-hydrogen) atoms. The topological polar surface area (TPSA) is 78.4 Å². The second-order valence-electron chi connectivity index (χ2n) is 6.01. The average molecular weight is 480 g/mol. The van der Waals surface area contributed by atoms with Gasteiger partial charge in [0.15, 0.2) is 23.4 Å². The van der Waals surface area contributed by atoms with E-state index in [1.165, 1.54) is 11.8 Å². The molecule has 3 heterocycles. The first kappa shape index (κ1) is 17.8. The molecule has 0 saturated carbocycles. The number of thioether (sulfide) groups is 1. The van der Waals surface area contributed by atoms with Crippen LogP contribution in [0.3, 0.4) is 0 Å². The maximum Gasteiger partial charge on any atom is 0.247 e. The molecule has 10 heteroatoms. The first-order valence-electron chi connectivity index (χ1n) is 8.23. The number of halogens is 2. The van der Waals surface area contributed by atoms with Gasteiger partial charge in [0, 0.05) is 27.4 Å². The zero-order chi connectivity index (χ0) is 19.3. The third-order valence-corrected chi connectivity index (χ3v) is 5.70. The Morgan fingerprint density at radius 2 is 2.00 bits per heavy atom. The molecule has 0 amide bonds. The predicted molar refractivity (Wildman–Crippen MR) is 109 cm³/mol. The van der Waals surface area contributed by atoms with E-state index < -0.39 is 6.23 Å². The highest BCUT2D eigenvalue weighted by molar-refractivity contribution is 9.10. The molecule has 0 aliphatic carbocycles. The number of nitrogens with one attached hydrogen (secondary N) is 1. The molecular formula is C18H12BrClN4O3S. The molecule has 1 N–H and O–H groups in total. The number of hydrogen-bond donors (Lipinski definition) is 1. The number of fused-ring (bicyclic) bond motifs is 4. The molecule has 1 aromatic heterocycles. The Bertz CT molecular complexity index is 1100. The van der Waals surface area contributed by atoms with Gasteiger partial charge in [-0.25, -0.2) is 0 Å². The van der Waals surface area contributed by atoms with Gasteiger partial charge >= 0.3 is 0 Å². The van der Waals surface area contributed by atoms with Gasteiger partial charge in [-0.3, -0.25) is 0 Å². The van der Waals surface area contributed by atoms with Crippen LogP contribution in [-0.2, 0) is 0 Å². The van der Waals surface area contributed by atoms with E-state index in [0.29, 0.717) is 38.8 Å². The van der Waals surface area contributed by atoms with Crippen LogP contribution in [0, 0.1) is 0 Å². The summed E-state index contributed by atoms with van der Waals surface area (Å²) in [6.45, 7) is 0.169. The van der Waals surface area contributed by atoms with Crippen LogP contribution in [-0.4, -0.2) is 28.2 Å². The van der Waals surface area contributed by atoms with E-state index in [1.54, 1.807) is 6.07 Å². The molecule has 1 unspecified atom stereocenters. The lowest BCUT2D eigenvalue weighted by Gasteiger charge is -2.20. The van der Waals surface area contributed by atoms with Crippen molar-refractivity contribution in [3.63, 3.8) is 0 Å². The molecule has 3 aromatic rings. The Morgan fingerprint density at radius 1 is 1.18 bits per heavy atom. The lowest BCUT2D eigenvalue weighted by Crippen LogP contribution is -2.17. The molecule has 2 aliphatic rings. The van der Waals surface area contributed by atoms with Crippen molar-refractivity contribution < 1.29 is 14.2 Å². The van der Waals surface area contributed by atoms with Gasteiger partial charge in [0.1, 0.15) is 0 Å². The highest BCUT2D eigenvalue weighted by Gasteiger charge is 2.29. The van der Waals surface area contributed by atoms with Crippen molar-refractivity contribution in [2.45, 2.75) is 11.4 Å². The third kappa shape index (κ3) is 3.03. The first-order chi connectivity index (χ1) is 13.6. The fourth-order valence-corrected chi connectivity index (χ4v) is 3.94. The van der Waals surface area contributed by atoms with Gasteiger partial charge in [0.2, 0.25) is 17.8 Å². The van der Waals surface area contributed by atoms with E-state index in [1.807, 2.05) is 30.5 Å². The van der Waals surface area contributed by atoms with Gasteiger partial charge in [0.25, 0.3) is 0 Å². The Kier molecular flexibility index (Phi) is 4.45. The van der Waals surface area contributed by atoms with Crippen molar-refractivity contribution in [1.29, 1.82) is 0 Å². The number of ether oxygens (including phenoxy) is 3. The van der Waals surface area contributed by atoms with Crippen molar-refractivity contribution in [1.82, 2.24) is 15.2 Å². The molecule has 0 fully saturated rings. The van der Waals surface area contributed by atoms with Gasteiger partial charge in [-0.1, -0.05) is 39.3 Å². The quantitative estimate of drug-likeness (QED) is 0.520. The van der Waals surface area contributed by atoms with Crippen molar-refractivity contribution in [3.05, 3.63) is 45.4 Å². The van der Waals surface area contributed by atoms with Crippen LogP contribution in [0.15, 0.2) is 40.0 Å². The first-order valence-corrected chi connectivity index (χ1v) is 10.6. The third-order valence-electron chi connectivity index (χ3n) is 4.35. The van der Waals surface area contributed by atoms with E-state index in [2.05, 4.69) is 36.4 Å². The number of nitrogens with zero attached hydrogens (tertiary/aromatic N) is 3. The lowest BCUT2D eigenvalue weighted by atomic mass is 10.1. The zero-order valence-electron chi connectivity index (χ0n) is 14.4. The second-order valence-corrected chi connectivity index (χ2v) is 8.11. The highest BCUT2D eigenvalue weighted by Crippen LogP contribution is 2.44. The maximum absolute atomic E-state index is 6.52. The highest BCUT2D eigenvalue weighted by atomic mass is 79.9. The van der Waals surface area contributed by atoms with E-state index in [0.717, 1.165) is 15.7 Å². The van der Waals surface area contributed by atoms with E-state index in [-0.39, 0.29) is 6.79 Å². The Morgan fingerprint density at radius 3 is 2.82 bits per heavy atom. The standard InChI is InChI=1S/C18H12BrClN4O3S/c1-28-18-22-17-15(23-24-18)10-4-8(19)2-3-12(10)21-16(27-17)9-5-13-14(6-11(9)20)26-7-25-13/h2-6,16,21H,7H2,1H3. The molecule has 2 aromatic carbocycles. The summed E-state index contributed by atoms with van der Waals surface area (Å²) < 4.78 is 18.0. The molecule has 0 saturated heterocycles. The molecule has 0 radical (unpaired) electrons. The number of hydrogen-bond acceptors (Lipinski definition) is 8. The Labute approximate surface area is 177 Å². The fraction of sp³-hybridized carbons (Fsp3) is 0.167. The monoisotopic (exact) mass is 478 g/mol. The van der Waals surface area contributed by atoms with Crippen LogP contribution in [0.25, 0.3) is 11.3 Å². The maximum atomic E-state index is 6.52. The summed E-state index contributed by atoms with van der Waals surface area (Å²) in [5.41, 5.74) is 2.92. The normalized spacial score (nSPS) is 16.5. The van der Waals surface area contributed by atoms with Crippen LogP contribution >= 0.6 is 39.3 Å². The summed E-state index contributed by atoms with van der Waals surface area (Å²) in [6, 6.07) is 9.37. The summed E-state index contributed by atoms with van der Waals surface area (Å²) in [7, 11) is 0. The van der Waals surface area contributed by atoms with Crippen molar-refractivity contribution in [2.75, 3.05) is 18.4 Å². The van der Waals surface area contributed by atoms with Crippen LogP contribution in [0.2, 0.25) is 5.02 Å². The molecule has 0 spiro atoms. The van der Waals surface area contributed by atoms with E-state index >= 15 is 0 Å².